The highest BCUT2D eigenvalue weighted by Gasteiger charge is 2.26. The number of carbonyl (C=O) groups excluding carboxylic acids is 1. The number of nitrogens with zero attached hydrogens (tertiary/aromatic N) is 1. The lowest BCUT2D eigenvalue weighted by molar-refractivity contribution is -0.121. The summed E-state index contributed by atoms with van der Waals surface area (Å²) in [5, 5.41) is 3.13. The van der Waals surface area contributed by atoms with Crippen molar-refractivity contribution in [2.75, 3.05) is 19.6 Å². The van der Waals surface area contributed by atoms with E-state index < -0.39 is 0 Å². The van der Waals surface area contributed by atoms with E-state index >= 15 is 0 Å². The normalized spacial score (nSPS) is 16.5. The van der Waals surface area contributed by atoms with Crippen molar-refractivity contribution in [1.29, 1.82) is 0 Å². The van der Waals surface area contributed by atoms with Crippen molar-refractivity contribution in [2.45, 2.75) is 51.0 Å². The van der Waals surface area contributed by atoms with E-state index in [1.54, 1.807) is 6.26 Å². The number of furan rings is 1. The minimum Gasteiger partial charge on any atom is -0.468 e. The Morgan fingerprint density at radius 1 is 1.15 bits per heavy atom. The number of carbonyl (C=O) groups is 1. The van der Waals surface area contributed by atoms with Crippen molar-refractivity contribution in [3.63, 3.8) is 0 Å². The van der Waals surface area contributed by atoms with Crippen LogP contribution in [0.5, 0.6) is 0 Å². The van der Waals surface area contributed by atoms with Gasteiger partial charge in [-0.3, -0.25) is 9.69 Å². The maximum absolute atomic E-state index is 12.4. The summed E-state index contributed by atoms with van der Waals surface area (Å²) in [4.78, 5) is 14.9. The first-order valence-electron chi connectivity index (χ1n) is 9.66. The number of rotatable bonds is 8. The third kappa shape index (κ3) is 4.76. The van der Waals surface area contributed by atoms with E-state index in [2.05, 4.69) is 48.3 Å². The number of nitrogens with one attached hydrogen (secondary N) is 1. The van der Waals surface area contributed by atoms with Crippen LogP contribution >= 0.6 is 0 Å². The molecule has 1 aliphatic rings. The maximum Gasteiger partial charge on any atom is 0.220 e. The number of likely N-dealkylation sites (tertiary alicyclic amines) is 1. The van der Waals surface area contributed by atoms with Crippen molar-refractivity contribution in [1.82, 2.24) is 10.2 Å². The van der Waals surface area contributed by atoms with Crippen LogP contribution < -0.4 is 5.32 Å². The summed E-state index contributed by atoms with van der Waals surface area (Å²) in [6, 6.07) is 14.5. The Morgan fingerprint density at radius 2 is 1.88 bits per heavy atom. The van der Waals surface area contributed by atoms with Gasteiger partial charge in [0.1, 0.15) is 5.76 Å². The summed E-state index contributed by atoms with van der Waals surface area (Å²) in [6.45, 7) is 7.15. The second-order valence-electron chi connectivity index (χ2n) is 7.83. The van der Waals surface area contributed by atoms with Crippen LogP contribution in [0.4, 0.5) is 0 Å². The minimum atomic E-state index is -0.00599. The predicted molar refractivity (Wildman–Crippen MR) is 104 cm³/mol. The molecule has 1 atom stereocenters. The Morgan fingerprint density at radius 3 is 2.54 bits per heavy atom. The average Bonchev–Trinajstić information content (AvgIpc) is 3.36. The predicted octanol–water partition coefficient (Wildman–Crippen LogP) is 4.29. The van der Waals surface area contributed by atoms with E-state index in [9.17, 15) is 4.79 Å². The summed E-state index contributed by atoms with van der Waals surface area (Å²) < 4.78 is 5.62. The Bertz CT molecular complexity index is 673. The molecule has 4 heteroatoms. The van der Waals surface area contributed by atoms with Gasteiger partial charge in [-0.25, -0.2) is 0 Å². The zero-order valence-corrected chi connectivity index (χ0v) is 15.9. The van der Waals surface area contributed by atoms with Crippen LogP contribution in [0.25, 0.3) is 0 Å². The minimum absolute atomic E-state index is 0.00599. The van der Waals surface area contributed by atoms with E-state index in [0.717, 1.165) is 25.3 Å². The fraction of sp³-hybridized carbons (Fsp3) is 0.500. The number of hydrogen-bond donors (Lipinski definition) is 1. The zero-order chi connectivity index (χ0) is 18.4. The molecular formula is C22H30N2O2. The Labute approximate surface area is 156 Å². The van der Waals surface area contributed by atoms with Crippen LogP contribution in [-0.4, -0.2) is 30.4 Å². The quantitative estimate of drug-likeness (QED) is 0.769. The van der Waals surface area contributed by atoms with Crippen molar-refractivity contribution in [3.05, 3.63) is 60.1 Å². The highest BCUT2D eigenvalue weighted by atomic mass is 16.3. The SMILES string of the molecule is CC(C)(CCC(=O)NCC(c1ccco1)N1CCCC1)c1ccccc1. The molecule has 0 bridgehead atoms. The standard InChI is InChI=1S/C22H30N2O2/c1-22(2,18-9-4-3-5-10-18)13-12-21(25)23-17-19(20-11-8-16-26-20)24-14-6-7-15-24/h3-5,8-11,16,19H,6-7,12-15,17H2,1-2H3,(H,23,25). The molecule has 140 valence electrons. The first kappa shape index (κ1) is 18.7. The Balaban J connectivity index is 1.52. The summed E-state index contributed by atoms with van der Waals surface area (Å²) in [7, 11) is 0. The van der Waals surface area contributed by atoms with Gasteiger partial charge < -0.3 is 9.73 Å². The first-order valence-corrected chi connectivity index (χ1v) is 9.66. The summed E-state index contributed by atoms with van der Waals surface area (Å²) >= 11 is 0. The third-order valence-corrected chi connectivity index (χ3v) is 5.48. The van der Waals surface area contributed by atoms with Crippen molar-refractivity contribution in [2.24, 2.45) is 0 Å². The molecule has 3 rings (SSSR count). The Hall–Kier alpha value is -2.07. The zero-order valence-electron chi connectivity index (χ0n) is 15.9. The van der Waals surface area contributed by atoms with Gasteiger partial charge in [0.15, 0.2) is 0 Å². The summed E-state index contributed by atoms with van der Waals surface area (Å²) in [5.74, 6) is 1.06. The second kappa shape index (κ2) is 8.54. The van der Waals surface area contributed by atoms with Gasteiger partial charge in [-0.15, -0.1) is 0 Å². The van der Waals surface area contributed by atoms with Crippen molar-refractivity contribution in [3.8, 4) is 0 Å². The monoisotopic (exact) mass is 354 g/mol. The molecule has 2 aromatic rings. The molecule has 1 amide bonds. The van der Waals surface area contributed by atoms with Gasteiger partial charge in [-0.1, -0.05) is 44.2 Å². The third-order valence-electron chi connectivity index (χ3n) is 5.48. The smallest absolute Gasteiger partial charge is 0.220 e. The topological polar surface area (TPSA) is 45.5 Å². The lowest BCUT2D eigenvalue weighted by Crippen LogP contribution is -2.37. The largest absolute Gasteiger partial charge is 0.468 e. The van der Waals surface area contributed by atoms with Crippen LogP contribution in [0.2, 0.25) is 0 Å². The van der Waals surface area contributed by atoms with E-state index in [1.165, 1.54) is 18.4 Å². The molecule has 1 aromatic heterocycles. The molecule has 2 heterocycles. The van der Waals surface area contributed by atoms with Gasteiger partial charge in [0.05, 0.1) is 12.3 Å². The molecule has 1 fully saturated rings. The molecular weight excluding hydrogens is 324 g/mol. The average molecular weight is 354 g/mol. The second-order valence-corrected chi connectivity index (χ2v) is 7.83. The number of hydrogen-bond acceptors (Lipinski definition) is 3. The summed E-state index contributed by atoms with van der Waals surface area (Å²) in [6.07, 6.45) is 5.51. The molecule has 4 nitrogen and oxygen atoms in total. The van der Waals surface area contributed by atoms with Crippen molar-refractivity contribution < 1.29 is 9.21 Å². The van der Waals surface area contributed by atoms with Gasteiger partial charge in [0.2, 0.25) is 5.91 Å². The van der Waals surface area contributed by atoms with Crippen LogP contribution in [0.3, 0.4) is 0 Å². The van der Waals surface area contributed by atoms with E-state index in [0.29, 0.717) is 13.0 Å². The van der Waals surface area contributed by atoms with Crippen molar-refractivity contribution >= 4 is 5.91 Å². The fourth-order valence-electron chi connectivity index (χ4n) is 3.70. The molecule has 0 radical (unpaired) electrons. The molecule has 0 saturated carbocycles. The molecule has 0 aliphatic carbocycles. The van der Waals surface area contributed by atoms with Crippen LogP contribution in [-0.2, 0) is 10.2 Å². The van der Waals surface area contributed by atoms with Gasteiger partial charge >= 0.3 is 0 Å². The highest BCUT2D eigenvalue weighted by Crippen LogP contribution is 2.28. The van der Waals surface area contributed by atoms with Gasteiger partial charge in [0, 0.05) is 13.0 Å². The molecule has 1 N–H and O–H groups in total. The van der Waals surface area contributed by atoms with E-state index in [-0.39, 0.29) is 17.4 Å². The fourth-order valence-corrected chi connectivity index (χ4v) is 3.70. The molecule has 1 saturated heterocycles. The van der Waals surface area contributed by atoms with E-state index in [4.69, 9.17) is 4.42 Å². The first-order chi connectivity index (χ1) is 12.6. The lowest BCUT2D eigenvalue weighted by Gasteiger charge is -2.27. The van der Waals surface area contributed by atoms with Gasteiger partial charge in [0.25, 0.3) is 0 Å². The van der Waals surface area contributed by atoms with Gasteiger partial charge in [-0.05, 0) is 55.5 Å². The van der Waals surface area contributed by atoms with Gasteiger partial charge in [-0.2, -0.15) is 0 Å². The summed E-state index contributed by atoms with van der Waals surface area (Å²) in [5.41, 5.74) is 1.27. The van der Waals surface area contributed by atoms with Crippen LogP contribution in [0, 0.1) is 0 Å². The van der Waals surface area contributed by atoms with E-state index in [1.807, 2.05) is 18.2 Å². The number of amides is 1. The molecule has 26 heavy (non-hydrogen) atoms. The van der Waals surface area contributed by atoms with Crippen LogP contribution in [0.1, 0.15) is 56.9 Å². The lowest BCUT2D eigenvalue weighted by atomic mass is 9.80. The Kier molecular flexibility index (Phi) is 6.15. The highest BCUT2D eigenvalue weighted by molar-refractivity contribution is 5.76. The molecule has 1 aliphatic heterocycles. The molecule has 1 unspecified atom stereocenters. The molecule has 1 aromatic carbocycles. The molecule has 0 spiro atoms. The van der Waals surface area contributed by atoms with Crippen LogP contribution in [0.15, 0.2) is 53.1 Å². The maximum atomic E-state index is 12.4. The number of benzene rings is 1.